The van der Waals surface area contributed by atoms with Gasteiger partial charge in [0.05, 0.1) is 0 Å². The van der Waals surface area contributed by atoms with Crippen LogP contribution in [-0.2, 0) is 4.74 Å². The van der Waals surface area contributed by atoms with E-state index in [-0.39, 0.29) is 5.44 Å². The van der Waals surface area contributed by atoms with E-state index in [4.69, 9.17) is 4.74 Å². The molecular weight excluding hydrogens is 248 g/mol. The molecule has 2 aromatic rings. The predicted molar refractivity (Wildman–Crippen MR) is 69.8 cm³/mol. The van der Waals surface area contributed by atoms with Crippen LogP contribution in [0.2, 0.25) is 0 Å². The van der Waals surface area contributed by atoms with Crippen molar-refractivity contribution in [1.29, 1.82) is 0 Å². The normalized spacial score (nSPS) is 18.3. The zero-order chi connectivity index (χ0) is 12.5. The number of aromatic nitrogens is 3. The predicted octanol–water partition coefficient (Wildman–Crippen LogP) is 1.92. The van der Waals surface area contributed by atoms with Gasteiger partial charge in [0.25, 0.3) is 0 Å². The Hall–Kier alpha value is -1.66. The van der Waals surface area contributed by atoms with Crippen molar-refractivity contribution in [3.8, 4) is 0 Å². The zero-order valence-electron chi connectivity index (χ0n) is 10.1. The van der Waals surface area contributed by atoms with E-state index in [9.17, 15) is 0 Å². The van der Waals surface area contributed by atoms with Gasteiger partial charge in [-0.05, 0) is 18.7 Å². The average Bonchev–Trinajstić information content (AvgIpc) is 2.79. The molecule has 1 aliphatic heterocycles. The lowest BCUT2D eigenvalue weighted by Crippen LogP contribution is -2.26. The summed E-state index contributed by atoms with van der Waals surface area (Å²) in [5.74, 6) is 0.778. The fourth-order valence-corrected chi connectivity index (χ4v) is 2.74. The fourth-order valence-electron chi connectivity index (χ4n) is 1.80. The first-order valence-corrected chi connectivity index (χ1v) is 6.43. The highest BCUT2D eigenvalue weighted by atomic mass is 32.2. The molecule has 0 N–H and O–H groups in total. The molecule has 2 heterocycles. The number of hydrogen-bond acceptors (Lipinski definition) is 5. The molecule has 0 unspecified atom stereocenters. The van der Waals surface area contributed by atoms with Crippen LogP contribution in [0, 0.1) is 6.92 Å². The van der Waals surface area contributed by atoms with E-state index in [1.54, 1.807) is 11.8 Å². The number of benzene rings is 1. The Kier molecular flexibility index (Phi) is 2.89. The minimum atomic E-state index is -0.150. The van der Waals surface area contributed by atoms with Gasteiger partial charge in [0, 0.05) is 12.7 Å². The van der Waals surface area contributed by atoms with E-state index in [0.717, 1.165) is 22.3 Å². The maximum Gasteiger partial charge on any atom is 0.214 e. The smallest absolute Gasteiger partial charge is 0.214 e. The summed E-state index contributed by atoms with van der Waals surface area (Å²) in [5, 5.41) is 13.4. The molecular formula is C12H12N4OS. The zero-order valence-corrected chi connectivity index (χ0v) is 10.9. The van der Waals surface area contributed by atoms with Gasteiger partial charge in [-0.3, -0.25) is 0 Å². The lowest BCUT2D eigenvalue weighted by molar-refractivity contribution is 0.218. The van der Waals surface area contributed by atoms with Crippen LogP contribution >= 0.6 is 11.8 Å². The molecule has 1 aliphatic rings. The Morgan fingerprint density at radius 1 is 1.22 bits per heavy atom. The van der Waals surface area contributed by atoms with Crippen LogP contribution in [0.5, 0.6) is 0 Å². The molecule has 18 heavy (non-hydrogen) atoms. The van der Waals surface area contributed by atoms with Gasteiger partial charge in [0.2, 0.25) is 5.16 Å². The maximum absolute atomic E-state index is 5.48. The highest BCUT2D eigenvalue weighted by molar-refractivity contribution is 8.00. The van der Waals surface area contributed by atoms with Crippen molar-refractivity contribution in [2.75, 3.05) is 7.11 Å². The molecule has 0 amide bonds. The minimum Gasteiger partial charge on any atom is -0.364 e. The molecule has 0 aliphatic carbocycles. The Balaban J connectivity index is 2.11. The van der Waals surface area contributed by atoms with Crippen molar-refractivity contribution in [2.45, 2.75) is 17.5 Å². The first-order valence-electron chi connectivity index (χ1n) is 5.55. The number of ether oxygens (including phenoxy) is 1. The SMILES string of the molecule is CO[C@H]1Sc2nnc(C)n2N=C1c1ccccc1. The maximum atomic E-state index is 5.48. The Morgan fingerprint density at radius 2 is 2.00 bits per heavy atom. The van der Waals surface area contributed by atoms with E-state index in [1.165, 1.54) is 11.8 Å². The summed E-state index contributed by atoms with van der Waals surface area (Å²) in [5.41, 5.74) is 1.79. The Bertz CT molecular complexity index is 593. The van der Waals surface area contributed by atoms with Crippen LogP contribution in [0.25, 0.3) is 0 Å². The van der Waals surface area contributed by atoms with Crippen LogP contribution in [0.3, 0.4) is 0 Å². The molecule has 1 aromatic carbocycles. The van der Waals surface area contributed by atoms with Gasteiger partial charge in [-0.1, -0.05) is 30.3 Å². The number of fused-ring (bicyclic) bond motifs is 1. The van der Waals surface area contributed by atoms with Crippen LogP contribution in [-0.4, -0.2) is 33.1 Å². The third-order valence-corrected chi connectivity index (χ3v) is 3.79. The molecule has 5 nitrogen and oxygen atoms in total. The number of aryl methyl sites for hydroxylation is 1. The van der Waals surface area contributed by atoms with Crippen molar-refractivity contribution in [2.24, 2.45) is 5.10 Å². The van der Waals surface area contributed by atoms with E-state index < -0.39 is 0 Å². The lowest BCUT2D eigenvalue weighted by atomic mass is 10.1. The minimum absolute atomic E-state index is 0.150. The summed E-state index contributed by atoms with van der Waals surface area (Å²) in [7, 11) is 1.68. The van der Waals surface area contributed by atoms with Gasteiger partial charge in [0.1, 0.15) is 5.71 Å². The van der Waals surface area contributed by atoms with Crippen LogP contribution in [0.15, 0.2) is 40.6 Å². The van der Waals surface area contributed by atoms with E-state index >= 15 is 0 Å². The number of thioether (sulfide) groups is 1. The molecule has 0 saturated heterocycles. The number of nitrogens with zero attached hydrogens (tertiary/aromatic N) is 4. The van der Waals surface area contributed by atoms with Crippen molar-refractivity contribution in [3.05, 3.63) is 41.7 Å². The summed E-state index contributed by atoms with van der Waals surface area (Å²) in [4.78, 5) is 0. The fraction of sp³-hybridized carbons (Fsp3) is 0.250. The third-order valence-electron chi connectivity index (χ3n) is 2.70. The summed E-state index contributed by atoms with van der Waals surface area (Å²) >= 11 is 1.52. The van der Waals surface area contributed by atoms with Gasteiger partial charge < -0.3 is 4.74 Å². The quantitative estimate of drug-likeness (QED) is 0.827. The van der Waals surface area contributed by atoms with Gasteiger partial charge in [0.15, 0.2) is 11.3 Å². The molecule has 92 valence electrons. The van der Waals surface area contributed by atoms with Gasteiger partial charge in [-0.2, -0.15) is 9.78 Å². The first kappa shape index (κ1) is 11.4. The molecule has 1 atom stereocenters. The van der Waals surface area contributed by atoms with E-state index in [0.29, 0.717) is 0 Å². The Morgan fingerprint density at radius 3 is 2.72 bits per heavy atom. The highest BCUT2D eigenvalue weighted by Crippen LogP contribution is 2.30. The van der Waals surface area contributed by atoms with E-state index in [1.807, 2.05) is 37.3 Å². The topological polar surface area (TPSA) is 52.3 Å². The van der Waals surface area contributed by atoms with Crippen molar-refractivity contribution in [3.63, 3.8) is 0 Å². The van der Waals surface area contributed by atoms with Gasteiger partial charge in [-0.25, -0.2) is 0 Å². The molecule has 6 heteroatoms. The second-order valence-corrected chi connectivity index (χ2v) is 4.91. The molecule has 0 spiro atoms. The number of rotatable bonds is 2. The Labute approximate surface area is 109 Å². The number of hydrogen-bond donors (Lipinski definition) is 0. The molecule has 0 fully saturated rings. The van der Waals surface area contributed by atoms with Crippen molar-refractivity contribution >= 4 is 17.5 Å². The largest absolute Gasteiger partial charge is 0.364 e. The summed E-state index contributed by atoms with van der Waals surface area (Å²) in [6.07, 6.45) is 0. The van der Waals surface area contributed by atoms with Crippen LogP contribution < -0.4 is 0 Å². The average molecular weight is 260 g/mol. The first-order chi connectivity index (χ1) is 8.79. The monoisotopic (exact) mass is 260 g/mol. The standard InChI is InChI=1S/C12H12N4OS/c1-8-13-14-12-16(8)15-10(11(17-2)18-12)9-6-4-3-5-7-9/h3-7,11H,1-2H3/t11-/m0/s1. The second-order valence-electron chi connectivity index (χ2n) is 3.88. The van der Waals surface area contributed by atoms with Crippen LogP contribution in [0.4, 0.5) is 0 Å². The molecule has 0 saturated carbocycles. The third kappa shape index (κ3) is 1.83. The van der Waals surface area contributed by atoms with Gasteiger partial charge in [-0.15, -0.1) is 10.2 Å². The van der Waals surface area contributed by atoms with Crippen LogP contribution in [0.1, 0.15) is 11.4 Å². The molecule has 3 rings (SSSR count). The van der Waals surface area contributed by atoms with E-state index in [2.05, 4.69) is 15.3 Å². The van der Waals surface area contributed by atoms with Crippen molar-refractivity contribution < 1.29 is 4.74 Å². The lowest BCUT2D eigenvalue weighted by Gasteiger charge is -2.21. The van der Waals surface area contributed by atoms with Gasteiger partial charge >= 0.3 is 0 Å². The summed E-state index contributed by atoms with van der Waals surface area (Å²) < 4.78 is 7.23. The second kappa shape index (κ2) is 4.55. The highest BCUT2D eigenvalue weighted by Gasteiger charge is 2.27. The number of methoxy groups -OCH3 is 1. The summed E-state index contributed by atoms with van der Waals surface area (Å²) in [6, 6.07) is 10.0. The molecule has 0 bridgehead atoms. The molecule has 0 radical (unpaired) electrons. The molecule has 1 aromatic heterocycles. The summed E-state index contributed by atoms with van der Waals surface area (Å²) in [6.45, 7) is 1.89. The van der Waals surface area contributed by atoms with Crippen molar-refractivity contribution in [1.82, 2.24) is 14.9 Å².